The summed E-state index contributed by atoms with van der Waals surface area (Å²) in [5.74, 6) is 0.893. The van der Waals surface area contributed by atoms with E-state index in [1.54, 1.807) is 7.11 Å². The molecule has 1 rings (SSSR count). The van der Waals surface area contributed by atoms with Gasteiger partial charge in [-0.05, 0) is 24.6 Å². The highest BCUT2D eigenvalue weighted by molar-refractivity contribution is 5.28. The van der Waals surface area contributed by atoms with Gasteiger partial charge in [-0.1, -0.05) is 18.2 Å². The zero-order valence-electron chi connectivity index (χ0n) is 8.79. The van der Waals surface area contributed by atoms with Crippen molar-refractivity contribution in [3.8, 4) is 5.75 Å². The molecule has 2 heteroatoms. The lowest BCUT2D eigenvalue weighted by atomic mass is 10.1. The fourth-order valence-electron chi connectivity index (χ4n) is 1.27. The topological polar surface area (TPSA) is 21.3 Å². The molecule has 0 saturated heterocycles. The largest absolute Gasteiger partial charge is 0.497 e. The van der Waals surface area contributed by atoms with E-state index in [9.17, 15) is 0 Å². The highest BCUT2D eigenvalue weighted by atomic mass is 16.5. The smallest absolute Gasteiger partial charge is 0.118 e. The van der Waals surface area contributed by atoms with Crippen LogP contribution < -0.4 is 10.1 Å². The Morgan fingerprint density at radius 3 is 2.57 bits per heavy atom. The summed E-state index contributed by atoms with van der Waals surface area (Å²) < 4.78 is 5.09. The molecule has 0 amide bonds. The minimum atomic E-state index is 0.346. The van der Waals surface area contributed by atoms with Crippen molar-refractivity contribution >= 4 is 0 Å². The Morgan fingerprint density at radius 2 is 2.07 bits per heavy atom. The fourth-order valence-corrected chi connectivity index (χ4v) is 1.27. The second-order valence-corrected chi connectivity index (χ2v) is 3.19. The van der Waals surface area contributed by atoms with Gasteiger partial charge in [-0.15, -0.1) is 6.58 Å². The fraction of sp³-hybridized carbons (Fsp3) is 0.333. The first-order valence-corrected chi connectivity index (χ1v) is 4.76. The van der Waals surface area contributed by atoms with E-state index in [4.69, 9.17) is 4.74 Å². The minimum Gasteiger partial charge on any atom is -0.497 e. The Hall–Kier alpha value is -1.28. The SMILES string of the molecule is C=CCN[C@H](C)c1ccc(OC)cc1. The van der Waals surface area contributed by atoms with Gasteiger partial charge in [0.2, 0.25) is 0 Å². The van der Waals surface area contributed by atoms with Crippen LogP contribution in [0.25, 0.3) is 0 Å². The van der Waals surface area contributed by atoms with Crippen molar-refractivity contribution in [3.05, 3.63) is 42.5 Å². The first-order chi connectivity index (χ1) is 6.77. The van der Waals surface area contributed by atoms with Gasteiger partial charge in [-0.25, -0.2) is 0 Å². The van der Waals surface area contributed by atoms with Crippen LogP contribution in [-0.2, 0) is 0 Å². The predicted octanol–water partition coefficient (Wildman–Crippen LogP) is 2.53. The average molecular weight is 191 g/mol. The molecule has 0 heterocycles. The highest BCUT2D eigenvalue weighted by Crippen LogP contribution is 2.16. The summed E-state index contributed by atoms with van der Waals surface area (Å²) in [5, 5.41) is 3.33. The van der Waals surface area contributed by atoms with Gasteiger partial charge >= 0.3 is 0 Å². The number of ether oxygens (including phenoxy) is 1. The molecule has 14 heavy (non-hydrogen) atoms. The summed E-state index contributed by atoms with van der Waals surface area (Å²) in [7, 11) is 1.67. The molecule has 76 valence electrons. The van der Waals surface area contributed by atoms with E-state index in [2.05, 4.69) is 31.0 Å². The maximum absolute atomic E-state index is 5.09. The monoisotopic (exact) mass is 191 g/mol. The van der Waals surface area contributed by atoms with Crippen molar-refractivity contribution in [2.24, 2.45) is 0 Å². The lowest BCUT2D eigenvalue weighted by molar-refractivity contribution is 0.414. The first-order valence-electron chi connectivity index (χ1n) is 4.76. The van der Waals surface area contributed by atoms with Gasteiger partial charge in [-0.3, -0.25) is 0 Å². The molecular weight excluding hydrogens is 174 g/mol. The van der Waals surface area contributed by atoms with Crippen molar-refractivity contribution in [1.82, 2.24) is 5.32 Å². The van der Waals surface area contributed by atoms with Crippen molar-refractivity contribution in [3.63, 3.8) is 0 Å². The molecule has 0 aliphatic heterocycles. The number of rotatable bonds is 5. The zero-order chi connectivity index (χ0) is 10.4. The van der Waals surface area contributed by atoms with E-state index in [0.29, 0.717) is 6.04 Å². The normalized spacial score (nSPS) is 12.1. The van der Waals surface area contributed by atoms with Crippen molar-refractivity contribution in [2.45, 2.75) is 13.0 Å². The molecular formula is C12H17NO. The van der Waals surface area contributed by atoms with Gasteiger partial charge in [-0.2, -0.15) is 0 Å². The third-order valence-corrected chi connectivity index (χ3v) is 2.18. The van der Waals surface area contributed by atoms with Gasteiger partial charge in [0.05, 0.1) is 7.11 Å². The maximum atomic E-state index is 5.09. The van der Waals surface area contributed by atoms with Crippen molar-refractivity contribution < 1.29 is 4.74 Å². The van der Waals surface area contributed by atoms with E-state index in [0.717, 1.165) is 12.3 Å². The average Bonchev–Trinajstić information content (AvgIpc) is 2.26. The number of nitrogens with one attached hydrogen (secondary N) is 1. The maximum Gasteiger partial charge on any atom is 0.118 e. The van der Waals surface area contributed by atoms with Crippen LogP contribution in [0.3, 0.4) is 0 Å². The molecule has 2 nitrogen and oxygen atoms in total. The van der Waals surface area contributed by atoms with Gasteiger partial charge in [0.15, 0.2) is 0 Å². The highest BCUT2D eigenvalue weighted by Gasteiger charge is 2.02. The molecule has 0 radical (unpaired) electrons. The molecule has 0 aliphatic rings. The predicted molar refractivity (Wildman–Crippen MR) is 59.6 cm³/mol. The van der Waals surface area contributed by atoms with E-state index in [-0.39, 0.29) is 0 Å². The van der Waals surface area contributed by atoms with Crippen LogP contribution >= 0.6 is 0 Å². The lowest BCUT2D eigenvalue weighted by Gasteiger charge is -2.12. The summed E-state index contributed by atoms with van der Waals surface area (Å²) in [6, 6.07) is 8.43. The van der Waals surface area contributed by atoms with Crippen LogP contribution in [0.15, 0.2) is 36.9 Å². The third-order valence-electron chi connectivity index (χ3n) is 2.18. The van der Waals surface area contributed by atoms with Gasteiger partial charge in [0.25, 0.3) is 0 Å². The Bertz CT molecular complexity index is 279. The summed E-state index contributed by atoms with van der Waals surface area (Å²) >= 11 is 0. The number of methoxy groups -OCH3 is 1. The lowest BCUT2D eigenvalue weighted by Crippen LogP contribution is -2.18. The van der Waals surface area contributed by atoms with Crippen LogP contribution in [0.1, 0.15) is 18.5 Å². The Balaban J connectivity index is 2.61. The number of benzene rings is 1. The number of hydrogen-bond acceptors (Lipinski definition) is 2. The third kappa shape index (κ3) is 2.89. The standard InChI is InChI=1S/C12H17NO/c1-4-9-13-10(2)11-5-7-12(14-3)8-6-11/h4-8,10,13H,1,9H2,2-3H3/t10-/m1/s1. The van der Waals surface area contributed by atoms with Crippen molar-refractivity contribution in [2.75, 3.05) is 13.7 Å². The van der Waals surface area contributed by atoms with Crippen LogP contribution in [0.4, 0.5) is 0 Å². The van der Waals surface area contributed by atoms with Crippen LogP contribution in [0.2, 0.25) is 0 Å². The van der Waals surface area contributed by atoms with E-state index >= 15 is 0 Å². The second-order valence-electron chi connectivity index (χ2n) is 3.19. The first kappa shape index (κ1) is 10.8. The van der Waals surface area contributed by atoms with Crippen LogP contribution in [0, 0.1) is 0 Å². The molecule has 1 N–H and O–H groups in total. The molecule has 0 unspecified atom stereocenters. The summed E-state index contributed by atoms with van der Waals surface area (Å²) in [4.78, 5) is 0. The van der Waals surface area contributed by atoms with E-state index in [1.165, 1.54) is 5.56 Å². The molecule has 1 aromatic rings. The van der Waals surface area contributed by atoms with Crippen LogP contribution in [-0.4, -0.2) is 13.7 Å². The van der Waals surface area contributed by atoms with E-state index in [1.807, 2.05) is 18.2 Å². The van der Waals surface area contributed by atoms with Crippen LogP contribution in [0.5, 0.6) is 5.75 Å². The molecule has 0 bridgehead atoms. The quantitative estimate of drug-likeness (QED) is 0.722. The van der Waals surface area contributed by atoms with Gasteiger partial charge in [0.1, 0.15) is 5.75 Å². The Labute approximate surface area is 85.6 Å². The Kier molecular flexibility index (Phi) is 4.20. The van der Waals surface area contributed by atoms with Crippen molar-refractivity contribution in [1.29, 1.82) is 0 Å². The molecule has 0 fully saturated rings. The summed E-state index contributed by atoms with van der Waals surface area (Å²) in [5.41, 5.74) is 1.26. The zero-order valence-corrected chi connectivity index (χ0v) is 8.79. The van der Waals surface area contributed by atoms with Gasteiger partial charge < -0.3 is 10.1 Å². The minimum absolute atomic E-state index is 0.346. The second kappa shape index (κ2) is 5.45. The number of hydrogen-bond donors (Lipinski definition) is 1. The molecule has 1 atom stereocenters. The van der Waals surface area contributed by atoms with Gasteiger partial charge in [0, 0.05) is 12.6 Å². The molecule has 0 aromatic heterocycles. The molecule has 1 aromatic carbocycles. The summed E-state index contributed by atoms with van der Waals surface area (Å²) in [6.07, 6.45) is 1.86. The molecule has 0 spiro atoms. The molecule has 0 aliphatic carbocycles. The van der Waals surface area contributed by atoms with E-state index < -0.39 is 0 Å². The molecule has 0 saturated carbocycles. The summed E-state index contributed by atoms with van der Waals surface area (Å²) in [6.45, 7) is 6.63. The Morgan fingerprint density at radius 1 is 1.43 bits per heavy atom.